The Hall–Kier alpha value is -3.08. The van der Waals surface area contributed by atoms with Crippen molar-refractivity contribution in [2.24, 2.45) is 0 Å². The van der Waals surface area contributed by atoms with E-state index in [4.69, 9.17) is 9.47 Å². The zero-order valence-electron chi connectivity index (χ0n) is 19.6. The van der Waals surface area contributed by atoms with E-state index in [1.807, 2.05) is 45.0 Å². The van der Waals surface area contributed by atoms with Crippen molar-refractivity contribution in [3.63, 3.8) is 0 Å². The first kappa shape index (κ1) is 25.5. The molecule has 1 atom stereocenters. The van der Waals surface area contributed by atoms with Crippen LogP contribution in [0, 0.1) is 3.57 Å². The summed E-state index contributed by atoms with van der Waals surface area (Å²) in [6.07, 6.45) is 3.17. The van der Waals surface area contributed by atoms with Crippen LogP contribution in [-0.2, 0) is 16.0 Å². The average molecular weight is 577 g/mol. The normalized spacial score (nSPS) is 15.3. The summed E-state index contributed by atoms with van der Waals surface area (Å²) in [4.78, 5) is 38.7. The van der Waals surface area contributed by atoms with Gasteiger partial charge in [-0.25, -0.2) is 9.69 Å². The van der Waals surface area contributed by atoms with E-state index in [-0.39, 0.29) is 18.3 Å². The van der Waals surface area contributed by atoms with Crippen molar-refractivity contribution in [2.45, 2.75) is 39.7 Å². The molecule has 8 nitrogen and oxygen atoms in total. The van der Waals surface area contributed by atoms with Gasteiger partial charge in [0, 0.05) is 5.69 Å². The molecule has 1 aliphatic heterocycles. The van der Waals surface area contributed by atoms with Gasteiger partial charge in [-0.15, -0.1) is 0 Å². The third kappa shape index (κ3) is 5.88. The van der Waals surface area contributed by atoms with Crippen LogP contribution in [0.15, 0.2) is 42.1 Å². The smallest absolute Gasteiger partial charge is 0.329 e. The number of ether oxygens (including phenoxy) is 2. The minimum Gasteiger partial charge on any atom is -0.493 e. The van der Waals surface area contributed by atoms with Crippen molar-refractivity contribution < 1.29 is 23.9 Å². The van der Waals surface area contributed by atoms with Gasteiger partial charge in [0.1, 0.15) is 12.2 Å². The van der Waals surface area contributed by atoms with Crippen LogP contribution >= 0.6 is 22.6 Å². The Morgan fingerprint density at radius 2 is 1.97 bits per heavy atom. The van der Waals surface area contributed by atoms with Gasteiger partial charge in [-0.3, -0.25) is 9.59 Å². The van der Waals surface area contributed by atoms with Crippen LogP contribution in [0.2, 0.25) is 0 Å². The molecule has 34 heavy (non-hydrogen) atoms. The van der Waals surface area contributed by atoms with Gasteiger partial charge in [-0.2, -0.15) is 0 Å². The molecule has 1 fully saturated rings. The summed E-state index contributed by atoms with van der Waals surface area (Å²) in [6.45, 7) is 5.61. The van der Waals surface area contributed by atoms with Crippen LogP contribution in [0.25, 0.3) is 6.08 Å². The Morgan fingerprint density at radius 1 is 1.24 bits per heavy atom. The Labute approximate surface area is 212 Å². The predicted octanol–water partition coefficient (Wildman–Crippen LogP) is 4.57. The van der Waals surface area contributed by atoms with Crippen molar-refractivity contribution in [1.82, 2.24) is 10.2 Å². The van der Waals surface area contributed by atoms with Gasteiger partial charge in [0.2, 0.25) is 5.91 Å². The molecule has 4 amide bonds. The van der Waals surface area contributed by atoms with E-state index in [2.05, 4.69) is 33.2 Å². The summed E-state index contributed by atoms with van der Waals surface area (Å²) in [5, 5.41) is 5.33. The van der Waals surface area contributed by atoms with Crippen LogP contribution in [0.4, 0.5) is 10.5 Å². The molecule has 1 aliphatic rings. The van der Waals surface area contributed by atoms with E-state index in [1.54, 1.807) is 25.3 Å². The van der Waals surface area contributed by atoms with Crippen LogP contribution in [0.1, 0.15) is 38.3 Å². The second-order valence-electron chi connectivity index (χ2n) is 7.81. The number of hydrogen-bond acceptors (Lipinski definition) is 5. The van der Waals surface area contributed by atoms with E-state index in [9.17, 15) is 14.4 Å². The Kier molecular flexibility index (Phi) is 8.54. The summed E-state index contributed by atoms with van der Waals surface area (Å²) in [7, 11) is 1.55. The Balaban J connectivity index is 1.76. The van der Waals surface area contributed by atoms with Crippen LogP contribution < -0.4 is 20.1 Å². The molecule has 0 unspecified atom stereocenters. The lowest BCUT2D eigenvalue weighted by molar-refractivity contribution is -0.127. The Bertz CT molecular complexity index is 1130. The lowest BCUT2D eigenvalue weighted by atomic mass is 10.1. The number of carbonyl (C=O) groups excluding carboxylic acids is 3. The SMILES string of the molecule is CCc1ccccc1NC(=O)CN1C(=O)N/C(=C/c2cc(I)c(O[C@H](C)CC)c(OC)c2)C1=O. The Morgan fingerprint density at radius 3 is 2.65 bits per heavy atom. The molecule has 0 radical (unpaired) electrons. The zero-order chi connectivity index (χ0) is 24.8. The van der Waals surface area contributed by atoms with E-state index in [1.165, 1.54) is 0 Å². The number of aryl methyl sites for hydroxylation is 1. The van der Waals surface area contributed by atoms with Crippen molar-refractivity contribution in [1.29, 1.82) is 0 Å². The molecule has 2 aromatic rings. The van der Waals surface area contributed by atoms with Crippen molar-refractivity contribution >= 4 is 52.2 Å². The molecule has 1 saturated heterocycles. The maximum Gasteiger partial charge on any atom is 0.329 e. The summed E-state index contributed by atoms with van der Waals surface area (Å²) >= 11 is 2.15. The molecule has 9 heteroatoms. The average Bonchev–Trinajstić information content (AvgIpc) is 3.07. The summed E-state index contributed by atoms with van der Waals surface area (Å²) < 4.78 is 12.3. The lowest BCUT2D eigenvalue weighted by Gasteiger charge is -2.17. The van der Waals surface area contributed by atoms with Gasteiger partial charge in [-0.1, -0.05) is 32.0 Å². The van der Waals surface area contributed by atoms with Crippen LogP contribution in [0.5, 0.6) is 11.5 Å². The number of nitrogens with zero attached hydrogens (tertiary/aromatic N) is 1. The van der Waals surface area contributed by atoms with Gasteiger partial charge in [0.05, 0.1) is 16.8 Å². The number of para-hydroxylation sites is 1. The summed E-state index contributed by atoms with van der Waals surface area (Å²) in [5.41, 5.74) is 2.38. The molecule has 3 rings (SSSR count). The van der Waals surface area contributed by atoms with E-state index >= 15 is 0 Å². The number of methoxy groups -OCH3 is 1. The van der Waals surface area contributed by atoms with Gasteiger partial charge in [-0.05, 0) is 77.8 Å². The first-order valence-corrected chi connectivity index (χ1v) is 12.1. The molecular formula is C25H28IN3O5. The van der Waals surface area contributed by atoms with E-state index < -0.39 is 17.8 Å². The number of amides is 4. The molecule has 2 aromatic carbocycles. The predicted molar refractivity (Wildman–Crippen MR) is 139 cm³/mol. The maximum atomic E-state index is 12.9. The van der Waals surface area contributed by atoms with Gasteiger partial charge in [0.15, 0.2) is 11.5 Å². The monoisotopic (exact) mass is 577 g/mol. The highest BCUT2D eigenvalue weighted by atomic mass is 127. The minimum absolute atomic E-state index is 0.0197. The summed E-state index contributed by atoms with van der Waals surface area (Å²) in [5.74, 6) is 0.139. The standard InChI is InChI=1S/C25H28IN3O5/c1-5-15(3)34-23-18(26)11-16(13-21(23)33-4)12-20-24(31)29(25(32)28-20)14-22(30)27-19-10-8-7-9-17(19)6-2/h7-13,15H,5-6,14H2,1-4H3,(H,27,30)(H,28,32)/b20-12+/t15-/m1/s1. The fourth-order valence-electron chi connectivity index (χ4n) is 3.39. The number of halogens is 1. The second-order valence-corrected chi connectivity index (χ2v) is 8.97. The minimum atomic E-state index is -0.645. The van der Waals surface area contributed by atoms with Crippen LogP contribution in [-0.4, -0.2) is 42.5 Å². The van der Waals surface area contributed by atoms with Gasteiger partial charge in [0.25, 0.3) is 5.91 Å². The van der Waals surface area contributed by atoms with Crippen molar-refractivity contribution in [3.8, 4) is 11.5 Å². The molecule has 180 valence electrons. The molecular weight excluding hydrogens is 549 g/mol. The fraction of sp³-hybridized carbons (Fsp3) is 0.320. The molecule has 2 N–H and O–H groups in total. The number of nitrogens with one attached hydrogen (secondary N) is 2. The molecule has 0 bridgehead atoms. The number of carbonyl (C=O) groups is 3. The molecule has 0 saturated carbocycles. The number of imide groups is 1. The number of urea groups is 1. The molecule has 0 spiro atoms. The van der Waals surface area contributed by atoms with E-state index in [0.29, 0.717) is 22.7 Å². The molecule has 0 aliphatic carbocycles. The largest absolute Gasteiger partial charge is 0.493 e. The number of rotatable bonds is 9. The number of hydrogen-bond donors (Lipinski definition) is 2. The first-order chi connectivity index (χ1) is 16.3. The number of benzene rings is 2. The van der Waals surface area contributed by atoms with E-state index in [0.717, 1.165) is 26.9 Å². The maximum absolute atomic E-state index is 12.9. The third-order valence-corrected chi connectivity index (χ3v) is 6.19. The number of anilines is 1. The van der Waals surface area contributed by atoms with Gasteiger partial charge < -0.3 is 20.1 Å². The van der Waals surface area contributed by atoms with Gasteiger partial charge >= 0.3 is 6.03 Å². The topological polar surface area (TPSA) is 97.0 Å². The second kappa shape index (κ2) is 11.4. The fourth-order valence-corrected chi connectivity index (χ4v) is 4.14. The zero-order valence-corrected chi connectivity index (χ0v) is 21.8. The molecule has 1 heterocycles. The molecule has 0 aromatic heterocycles. The summed E-state index contributed by atoms with van der Waals surface area (Å²) in [6, 6.07) is 10.3. The first-order valence-electron chi connectivity index (χ1n) is 11.0. The van der Waals surface area contributed by atoms with Crippen molar-refractivity contribution in [2.75, 3.05) is 19.0 Å². The van der Waals surface area contributed by atoms with Crippen molar-refractivity contribution in [3.05, 3.63) is 56.8 Å². The highest BCUT2D eigenvalue weighted by Crippen LogP contribution is 2.35. The lowest BCUT2D eigenvalue weighted by Crippen LogP contribution is -2.38. The quantitative estimate of drug-likeness (QED) is 0.259. The highest BCUT2D eigenvalue weighted by molar-refractivity contribution is 14.1. The highest BCUT2D eigenvalue weighted by Gasteiger charge is 2.35. The third-order valence-electron chi connectivity index (χ3n) is 5.39. The van der Waals surface area contributed by atoms with Crippen LogP contribution in [0.3, 0.4) is 0 Å².